The second kappa shape index (κ2) is 6.42. The summed E-state index contributed by atoms with van der Waals surface area (Å²) in [5.41, 5.74) is 0.188. The minimum atomic E-state index is -0.758. The third kappa shape index (κ3) is 3.71. The van der Waals surface area contributed by atoms with E-state index >= 15 is 0 Å². The normalized spacial score (nSPS) is 16.3. The maximum absolute atomic E-state index is 12.1. The van der Waals surface area contributed by atoms with Gasteiger partial charge in [0.2, 0.25) is 11.1 Å². The number of carbonyl (C=O) groups is 1. The van der Waals surface area contributed by atoms with Gasteiger partial charge >= 0.3 is 0 Å². The van der Waals surface area contributed by atoms with Gasteiger partial charge < -0.3 is 5.32 Å². The Hall–Kier alpha value is -2.33. The molecule has 0 aliphatic heterocycles. The summed E-state index contributed by atoms with van der Waals surface area (Å²) in [5, 5.41) is 19.6. The summed E-state index contributed by atoms with van der Waals surface area (Å²) in [6.07, 6.45) is 2.00. The third-order valence-corrected chi connectivity index (χ3v) is 4.72. The molecule has 2 aromatic rings. The number of nitrogens with one attached hydrogen (secondary N) is 2. The second-order valence-electron chi connectivity index (χ2n) is 5.76. The molecule has 1 aromatic heterocycles. The molecule has 0 saturated heterocycles. The standard InChI is InChI=1S/C16H17N5OS/c1-16(10-17,12-7-8-12)19-13(22)9-23-15-18-14(20-21-15)11-5-3-2-4-6-11/h2-6,12H,7-9H2,1H3,(H,19,22)(H,18,20,21)/t16-/m0/s1. The first-order chi connectivity index (χ1) is 11.1. The van der Waals surface area contributed by atoms with E-state index in [1.165, 1.54) is 11.8 Å². The fourth-order valence-electron chi connectivity index (χ4n) is 2.37. The smallest absolute Gasteiger partial charge is 0.231 e. The molecule has 2 N–H and O–H groups in total. The molecule has 6 nitrogen and oxygen atoms in total. The number of thioether (sulfide) groups is 1. The second-order valence-corrected chi connectivity index (χ2v) is 6.70. The molecule has 0 radical (unpaired) electrons. The van der Waals surface area contributed by atoms with Gasteiger partial charge in [0.05, 0.1) is 11.8 Å². The van der Waals surface area contributed by atoms with E-state index in [9.17, 15) is 10.1 Å². The Bertz CT molecular complexity index is 734. The largest absolute Gasteiger partial charge is 0.337 e. The molecule has 0 bridgehead atoms. The number of hydrogen-bond acceptors (Lipinski definition) is 5. The summed E-state index contributed by atoms with van der Waals surface area (Å²) in [6, 6.07) is 11.9. The van der Waals surface area contributed by atoms with Crippen LogP contribution >= 0.6 is 11.8 Å². The van der Waals surface area contributed by atoms with Crippen LogP contribution in [0.25, 0.3) is 11.4 Å². The lowest BCUT2D eigenvalue weighted by molar-refractivity contribution is -0.119. The molecule has 118 valence electrons. The van der Waals surface area contributed by atoms with Crippen LogP contribution in [0, 0.1) is 17.2 Å². The molecule has 7 heteroatoms. The Morgan fingerprint density at radius 2 is 2.22 bits per heavy atom. The van der Waals surface area contributed by atoms with Crippen LogP contribution < -0.4 is 5.32 Å². The molecule has 1 aliphatic rings. The monoisotopic (exact) mass is 327 g/mol. The van der Waals surface area contributed by atoms with Crippen molar-refractivity contribution >= 4 is 17.7 Å². The average molecular weight is 327 g/mol. The van der Waals surface area contributed by atoms with Crippen LogP contribution in [0.4, 0.5) is 0 Å². The Kier molecular flexibility index (Phi) is 4.35. The zero-order valence-corrected chi connectivity index (χ0v) is 13.6. The predicted molar refractivity (Wildman–Crippen MR) is 87.4 cm³/mol. The van der Waals surface area contributed by atoms with Gasteiger partial charge in [0.25, 0.3) is 0 Å². The van der Waals surface area contributed by atoms with Gasteiger partial charge in [-0.05, 0) is 25.7 Å². The minimum absolute atomic E-state index is 0.169. The Balaban J connectivity index is 1.56. The zero-order chi connectivity index (χ0) is 16.3. The molecular weight excluding hydrogens is 310 g/mol. The summed E-state index contributed by atoms with van der Waals surface area (Å²) in [4.78, 5) is 16.4. The molecule has 1 aromatic carbocycles. The molecule has 0 spiro atoms. The lowest BCUT2D eigenvalue weighted by atomic mass is 9.98. The molecule has 23 heavy (non-hydrogen) atoms. The Labute approximate surface area is 138 Å². The molecule has 1 saturated carbocycles. The molecule has 0 unspecified atom stereocenters. The highest BCUT2D eigenvalue weighted by molar-refractivity contribution is 7.99. The van der Waals surface area contributed by atoms with Gasteiger partial charge in [0.1, 0.15) is 5.54 Å². The summed E-state index contributed by atoms with van der Waals surface area (Å²) in [7, 11) is 0. The van der Waals surface area contributed by atoms with Gasteiger partial charge in [0.15, 0.2) is 5.82 Å². The van der Waals surface area contributed by atoms with Crippen LogP contribution in [-0.4, -0.2) is 32.4 Å². The number of aromatic nitrogens is 3. The fraction of sp³-hybridized carbons (Fsp3) is 0.375. The van der Waals surface area contributed by atoms with Crippen LogP contribution in [0.3, 0.4) is 0 Å². The first-order valence-electron chi connectivity index (χ1n) is 7.43. The van der Waals surface area contributed by atoms with Gasteiger partial charge in [-0.1, -0.05) is 42.1 Å². The molecule has 1 amide bonds. The summed E-state index contributed by atoms with van der Waals surface area (Å²) in [6.45, 7) is 1.79. The van der Waals surface area contributed by atoms with Gasteiger partial charge in [-0.2, -0.15) is 5.26 Å². The number of amides is 1. The van der Waals surface area contributed by atoms with E-state index in [2.05, 4.69) is 26.6 Å². The van der Waals surface area contributed by atoms with Crippen LogP contribution in [-0.2, 0) is 4.79 Å². The fourth-order valence-corrected chi connectivity index (χ4v) is 2.97. The van der Waals surface area contributed by atoms with E-state index < -0.39 is 5.54 Å². The minimum Gasteiger partial charge on any atom is -0.337 e. The number of hydrogen-bond donors (Lipinski definition) is 2. The topological polar surface area (TPSA) is 94.5 Å². The number of rotatable bonds is 6. The van der Waals surface area contributed by atoms with E-state index in [-0.39, 0.29) is 17.6 Å². The van der Waals surface area contributed by atoms with Gasteiger partial charge in [-0.3, -0.25) is 9.89 Å². The highest BCUT2D eigenvalue weighted by atomic mass is 32.2. The zero-order valence-electron chi connectivity index (χ0n) is 12.7. The molecular formula is C16H17N5OS. The van der Waals surface area contributed by atoms with E-state index in [0.717, 1.165) is 18.4 Å². The highest BCUT2D eigenvalue weighted by Crippen LogP contribution is 2.39. The highest BCUT2D eigenvalue weighted by Gasteiger charge is 2.42. The van der Waals surface area contributed by atoms with Crippen molar-refractivity contribution in [1.29, 1.82) is 5.26 Å². The molecule has 1 atom stereocenters. The number of benzene rings is 1. The summed E-state index contributed by atoms with van der Waals surface area (Å²) in [5.74, 6) is 0.968. The predicted octanol–water partition coefficient (Wildman–Crippen LogP) is 2.37. The lowest BCUT2D eigenvalue weighted by Gasteiger charge is -2.22. The Morgan fingerprint density at radius 1 is 1.48 bits per heavy atom. The molecule has 1 fully saturated rings. The van der Waals surface area contributed by atoms with Crippen molar-refractivity contribution in [2.75, 3.05) is 5.75 Å². The van der Waals surface area contributed by atoms with Crippen molar-refractivity contribution in [3.63, 3.8) is 0 Å². The third-order valence-electron chi connectivity index (χ3n) is 3.87. The van der Waals surface area contributed by atoms with E-state index in [0.29, 0.717) is 11.0 Å². The van der Waals surface area contributed by atoms with E-state index in [1.54, 1.807) is 6.92 Å². The molecule has 3 rings (SSSR count). The quantitative estimate of drug-likeness (QED) is 0.794. The first-order valence-corrected chi connectivity index (χ1v) is 8.42. The van der Waals surface area contributed by atoms with Gasteiger partial charge in [0, 0.05) is 5.56 Å². The number of H-pyrrole nitrogens is 1. The van der Waals surface area contributed by atoms with Gasteiger partial charge in [-0.15, -0.1) is 5.10 Å². The number of nitriles is 1. The molecule has 1 aliphatic carbocycles. The van der Waals surface area contributed by atoms with Crippen molar-refractivity contribution in [2.45, 2.75) is 30.5 Å². The summed E-state index contributed by atoms with van der Waals surface area (Å²) >= 11 is 1.25. The van der Waals surface area contributed by atoms with Crippen LogP contribution in [0.5, 0.6) is 0 Å². The lowest BCUT2D eigenvalue weighted by Crippen LogP contribution is -2.47. The summed E-state index contributed by atoms with van der Waals surface area (Å²) < 4.78 is 0. The molecule has 1 heterocycles. The van der Waals surface area contributed by atoms with E-state index in [4.69, 9.17) is 0 Å². The number of aromatic amines is 1. The maximum Gasteiger partial charge on any atom is 0.231 e. The van der Waals surface area contributed by atoms with Crippen molar-refractivity contribution in [3.05, 3.63) is 30.3 Å². The van der Waals surface area contributed by atoms with E-state index in [1.807, 2.05) is 30.3 Å². The SMILES string of the molecule is C[C@@](C#N)(NC(=O)CSc1n[nH]c(-c2ccccc2)n1)C1CC1. The van der Waals surface area contributed by atoms with Crippen LogP contribution in [0.15, 0.2) is 35.5 Å². The van der Waals surface area contributed by atoms with Crippen molar-refractivity contribution < 1.29 is 4.79 Å². The number of nitrogens with zero attached hydrogens (tertiary/aromatic N) is 3. The van der Waals surface area contributed by atoms with Crippen LogP contribution in [0.1, 0.15) is 19.8 Å². The van der Waals surface area contributed by atoms with Crippen molar-refractivity contribution in [2.24, 2.45) is 5.92 Å². The van der Waals surface area contributed by atoms with Crippen LogP contribution in [0.2, 0.25) is 0 Å². The van der Waals surface area contributed by atoms with Gasteiger partial charge in [-0.25, -0.2) is 4.98 Å². The van der Waals surface area contributed by atoms with Crippen molar-refractivity contribution in [3.8, 4) is 17.5 Å². The first kappa shape index (κ1) is 15.6. The van der Waals surface area contributed by atoms with Crippen molar-refractivity contribution in [1.82, 2.24) is 20.5 Å². The Morgan fingerprint density at radius 3 is 2.87 bits per heavy atom. The number of carbonyl (C=O) groups excluding carboxylic acids is 1. The average Bonchev–Trinajstić information content (AvgIpc) is 3.33. The maximum atomic E-state index is 12.1.